The van der Waals surface area contributed by atoms with Crippen LogP contribution in [0.25, 0.3) is 0 Å². The van der Waals surface area contributed by atoms with Crippen LogP contribution in [-0.2, 0) is 12.8 Å². The highest BCUT2D eigenvalue weighted by Gasteiger charge is 2.01. The molecule has 0 spiro atoms. The van der Waals surface area contributed by atoms with Gasteiger partial charge in [0, 0.05) is 11.4 Å². The Morgan fingerprint density at radius 3 is 2.00 bits per heavy atom. The van der Waals surface area contributed by atoms with E-state index >= 15 is 0 Å². The first-order valence-electron chi connectivity index (χ1n) is 4.90. The summed E-state index contributed by atoms with van der Waals surface area (Å²) in [4.78, 5) is 4.59. The maximum atomic E-state index is 4.59. The van der Waals surface area contributed by atoms with Gasteiger partial charge in [-0.05, 0) is 37.8 Å². The average Bonchev–Trinajstić information content (AvgIpc) is 2.17. The molecule has 0 aromatic carbocycles. The maximum Gasteiger partial charge on any atom is 0.0406 e. The van der Waals surface area contributed by atoms with Crippen molar-refractivity contribution in [2.75, 3.05) is 0 Å². The van der Waals surface area contributed by atoms with Gasteiger partial charge in [-0.3, -0.25) is 4.98 Å². The summed E-state index contributed by atoms with van der Waals surface area (Å²) in [7, 11) is 0. The average molecular weight is 161 g/mol. The van der Waals surface area contributed by atoms with E-state index in [2.05, 4.69) is 23.2 Å². The number of nitrogens with zero attached hydrogens (tertiary/aromatic N) is 1. The van der Waals surface area contributed by atoms with Crippen molar-refractivity contribution in [3.63, 3.8) is 0 Å². The molecule has 2 bridgehead atoms. The number of aryl methyl sites for hydroxylation is 2. The van der Waals surface area contributed by atoms with Gasteiger partial charge in [-0.15, -0.1) is 0 Å². The Kier molecular flexibility index (Phi) is 2.40. The predicted molar refractivity (Wildman–Crippen MR) is 50.1 cm³/mol. The molecule has 0 N–H and O–H groups in total. The van der Waals surface area contributed by atoms with Crippen LogP contribution in [0.1, 0.15) is 37.1 Å². The third-order valence-corrected chi connectivity index (χ3v) is 2.48. The molecule has 1 aromatic heterocycles. The van der Waals surface area contributed by atoms with Gasteiger partial charge < -0.3 is 0 Å². The van der Waals surface area contributed by atoms with Crippen LogP contribution >= 0.6 is 0 Å². The number of hydrogen-bond donors (Lipinski definition) is 0. The van der Waals surface area contributed by atoms with E-state index in [1.54, 1.807) is 0 Å². The normalized spacial score (nSPS) is 17.7. The maximum absolute atomic E-state index is 4.59. The lowest BCUT2D eigenvalue weighted by atomic mass is 10.1. The van der Waals surface area contributed by atoms with Gasteiger partial charge in [0.15, 0.2) is 0 Å². The highest BCUT2D eigenvalue weighted by molar-refractivity contribution is 5.11. The lowest BCUT2D eigenvalue weighted by Crippen LogP contribution is -1.92. The number of fused-ring (bicyclic) bond motifs is 2. The molecule has 2 heterocycles. The van der Waals surface area contributed by atoms with Crippen molar-refractivity contribution in [2.24, 2.45) is 0 Å². The smallest absolute Gasteiger partial charge is 0.0406 e. The fourth-order valence-corrected chi connectivity index (χ4v) is 1.77. The molecular formula is C11H15N. The van der Waals surface area contributed by atoms with Crippen molar-refractivity contribution in [3.05, 3.63) is 29.6 Å². The fourth-order valence-electron chi connectivity index (χ4n) is 1.77. The zero-order chi connectivity index (χ0) is 8.23. The van der Waals surface area contributed by atoms with Crippen LogP contribution in [0.2, 0.25) is 0 Å². The quantitative estimate of drug-likeness (QED) is 0.570. The van der Waals surface area contributed by atoms with Crippen LogP contribution < -0.4 is 0 Å². The van der Waals surface area contributed by atoms with E-state index < -0.39 is 0 Å². The number of aromatic nitrogens is 1. The minimum Gasteiger partial charge on any atom is -0.258 e. The number of hydrogen-bond acceptors (Lipinski definition) is 1. The van der Waals surface area contributed by atoms with E-state index in [0.717, 1.165) is 0 Å². The Bertz CT molecular complexity index is 232. The lowest BCUT2D eigenvalue weighted by Gasteiger charge is -1.99. The summed E-state index contributed by atoms with van der Waals surface area (Å²) in [6.45, 7) is 0. The minimum atomic E-state index is 1.17. The van der Waals surface area contributed by atoms with Gasteiger partial charge in [0.1, 0.15) is 0 Å². The third kappa shape index (κ3) is 1.84. The van der Waals surface area contributed by atoms with E-state index in [-0.39, 0.29) is 0 Å². The monoisotopic (exact) mass is 161 g/mol. The molecule has 0 radical (unpaired) electrons. The van der Waals surface area contributed by atoms with Crippen LogP contribution in [-0.4, -0.2) is 4.98 Å². The molecule has 64 valence electrons. The Morgan fingerprint density at radius 2 is 1.42 bits per heavy atom. The number of rotatable bonds is 0. The molecule has 0 atom stereocenters. The molecular weight excluding hydrogens is 146 g/mol. The molecule has 1 aromatic rings. The van der Waals surface area contributed by atoms with Crippen LogP contribution in [0.5, 0.6) is 0 Å². The topological polar surface area (TPSA) is 12.9 Å². The van der Waals surface area contributed by atoms with Crippen LogP contribution in [0.15, 0.2) is 18.2 Å². The summed E-state index contributed by atoms with van der Waals surface area (Å²) < 4.78 is 0. The predicted octanol–water partition coefficient (Wildman–Crippen LogP) is 2.74. The van der Waals surface area contributed by atoms with E-state index in [0.29, 0.717) is 0 Å². The largest absolute Gasteiger partial charge is 0.258 e. The van der Waals surface area contributed by atoms with Crippen molar-refractivity contribution in [1.29, 1.82) is 0 Å². The fraction of sp³-hybridized carbons (Fsp3) is 0.545. The lowest BCUT2D eigenvalue weighted by molar-refractivity contribution is 0.649. The number of pyridine rings is 1. The van der Waals surface area contributed by atoms with Crippen molar-refractivity contribution >= 4 is 0 Å². The standard InChI is InChI=1S/C11H15N/c1-2-4-7-11-9-5-8-10(12-11)6-3-1/h5,8-9H,1-4,6-7H2. The first kappa shape index (κ1) is 7.78. The Balaban J connectivity index is 2.21. The van der Waals surface area contributed by atoms with Crippen LogP contribution in [0, 0.1) is 0 Å². The second-order valence-electron chi connectivity index (χ2n) is 3.53. The highest BCUT2D eigenvalue weighted by Crippen LogP contribution is 2.12. The van der Waals surface area contributed by atoms with E-state index in [9.17, 15) is 0 Å². The SMILES string of the molecule is c1cc2nc(c1)CCCCCC2. The van der Waals surface area contributed by atoms with Crippen LogP contribution in [0.4, 0.5) is 0 Å². The summed E-state index contributed by atoms with van der Waals surface area (Å²) in [5.74, 6) is 0. The highest BCUT2D eigenvalue weighted by atomic mass is 14.7. The Labute approximate surface area is 73.8 Å². The van der Waals surface area contributed by atoms with Gasteiger partial charge in [0.05, 0.1) is 0 Å². The molecule has 1 aliphatic heterocycles. The van der Waals surface area contributed by atoms with E-state index in [1.165, 1.54) is 49.9 Å². The summed E-state index contributed by atoms with van der Waals surface area (Å²) in [5, 5.41) is 0. The second-order valence-corrected chi connectivity index (χ2v) is 3.53. The zero-order valence-electron chi connectivity index (χ0n) is 7.42. The van der Waals surface area contributed by atoms with Crippen molar-refractivity contribution in [3.8, 4) is 0 Å². The van der Waals surface area contributed by atoms with E-state index in [4.69, 9.17) is 0 Å². The first-order valence-corrected chi connectivity index (χ1v) is 4.90. The molecule has 0 saturated heterocycles. The van der Waals surface area contributed by atoms with Crippen molar-refractivity contribution in [2.45, 2.75) is 38.5 Å². The molecule has 0 fully saturated rings. The zero-order valence-corrected chi connectivity index (χ0v) is 7.42. The van der Waals surface area contributed by atoms with Gasteiger partial charge in [-0.25, -0.2) is 0 Å². The van der Waals surface area contributed by atoms with Crippen molar-refractivity contribution in [1.82, 2.24) is 4.98 Å². The molecule has 0 amide bonds. The molecule has 1 nitrogen and oxygen atoms in total. The summed E-state index contributed by atoms with van der Waals surface area (Å²) in [6.07, 6.45) is 7.73. The minimum absolute atomic E-state index is 1.17. The van der Waals surface area contributed by atoms with Gasteiger partial charge in [-0.2, -0.15) is 0 Å². The van der Waals surface area contributed by atoms with Gasteiger partial charge in [-0.1, -0.05) is 18.9 Å². The first-order chi connectivity index (χ1) is 5.95. The Hall–Kier alpha value is -0.850. The molecule has 1 heteroatoms. The molecule has 0 aliphatic carbocycles. The molecule has 0 saturated carbocycles. The van der Waals surface area contributed by atoms with Gasteiger partial charge in [0.2, 0.25) is 0 Å². The molecule has 2 rings (SSSR count). The summed E-state index contributed by atoms with van der Waals surface area (Å²) in [5.41, 5.74) is 2.57. The molecule has 12 heavy (non-hydrogen) atoms. The van der Waals surface area contributed by atoms with E-state index in [1.807, 2.05) is 0 Å². The van der Waals surface area contributed by atoms with Crippen molar-refractivity contribution < 1.29 is 0 Å². The molecule has 1 aliphatic rings. The second kappa shape index (κ2) is 3.70. The summed E-state index contributed by atoms with van der Waals surface area (Å²) in [6, 6.07) is 6.44. The van der Waals surface area contributed by atoms with Crippen LogP contribution in [0.3, 0.4) is 0 Å². The molecule has 0 unspecified atom stereocenters. The van der Waals surface area contributed by atoms with Gasteiger partial charge in [0.25, 0.3) is 0 Å². The third-order valence-electron chi connectivity index (χ3n) is 2.48. The Morgan fingerprint density at radius 1 is 0.833 bits per heavy atom. The summed E-state index contributed by atoms with van der Waals surface area (Å²) >= 11 is 0. The van der Waals surface area contributed by atoms with Gasteiger partial charge >= 0.3 is 0 Å².